The molecule has 1 aliphatic rings. The van der Waals surface area contributed by atoms with Crippen molar-refractivity contribution >= 4 is 23.3 Å². The normalized spacial score (nSPS) is 16.1. The number of carboxylic acids is 1. The molecule has 0 saturated carbocycles. The maximum absolute atomic E-state index is 12.6. The first-order valence-corrected chi connectivity index (χ1v) is 8.37. The number of nitro benzene ring substituents is 1. The van der Waals surface area contributed by atoms with Gasteiger partial charge in [0.2, 0.25) is 5.91 Å². The Hall–Kier alpha value is -3.55. The van der Waals surface area contributed by atoms with E-state index in [4.69, 9.17) is 5.11 Å². The van der Waals surface area contributed by atoms with E-state index in [-0.39, 0.29) is 18.5 Å². The number of hydrazone groups is 1. The van der Waals surface area contributed by atoms with Crippen LogP contribution in [0.25, 0.3) is 0 Å². The van der Waals surface area contributed by atoms with Crippen LogP contribution >= 0.6 is 0 Å². The summed E-state index contributed by atoms with van der Waals surface area (Å²) in [4.78, 5) is 34.2. The second kappa shape index (κ2) is 7.77. The molecule has 0 aromatic heterocycles. The number of aliphatic carboxylic acids is 1. The summed E-state index contributed by atoms with van der Waals surface area (Å²) in [6, 6.07) is 15.0. The van der Waals surface area contributed by atoms with E-state index in [1.165, 1.54) is 11.1 Å². The van der Waals surface area contributed by atoms with Crippen molar-refractivity contribution in [1.82, 2.24) is 5.01 Å². The second-order valence-corrected chi connectivity index (χ2v) is 6.08. The van der Waals surface area contributed by atoms with E-state index in [1.807, 2.05) is 30.3 Å². The van der Waals surface area contributed by atoms with E-state index >= 15 is 0 Å². The summed E-state index contributed by atoms with van der Waals surface area (Å²) in [5, 5.41) is 25.8. The summed E-state index contributed by atoms with van der Waals surface area (Å²) >= 11 is 0. The zero-order valence-electron chi connectivity index (χ0n) is 14.3. The summed E-state index contributed by atoms with van der Waals surface area (Å²) < 4.78 is 0. The smallest absolute Gasteiger partial charge is 0.303 e. The minimum absolute atomic E-state index is 0.0807. The van der Waals surface area contributed by atoms with Gasteiger partial charge in [-0.3, -0.25) is 19.7 Å². The molecule has 0 saturated heterocycles. The second-order valence-electron chi connectivity index (χ2n) is 6.08. The fourth-order valence-electron chi connectivity index (χ4n) is 3.04. The molecule has 0 aliphatic carbocycles. The van der Waals surface area contributed by atoms with Gasteiger partial charge in [-0.15, -0.1) is 0 Å². The fourth-order valence-corrected chi connectivity index (χ4v) is 3.04. The number of nitrogens with zero attached hydrogens (tertiary/aromatic N) is 3. The molecule has 0 fully saturated rings. The van der Waals surface area contributed by atoms with Crippen LogP contribution in [-0.4, -0.2) is 32.6 Å². The third-order valence-corrected chi connectivity index (χ3v) is 4.31. The van der Waals surface area contributed by atoms with E-state index in [9.17, 15) is 19.7 Å². The molecule has 0 bridgehead atoms. The average molecular weight is 367 g/mol. The van der Waals surface area contributed by atoms with Gasteiger partial charge in [0.05, 0.1) is 28.7 Å². The minimum atomic E-state index is -1.07. The SMILES string of the molecule is O=C(O)CCC(=O)N1N=C(c2ccccc2[N+](=O)[O-])CC1c1ccccc1. The Kier molecular flexibility index (Phi) is 5.25. The summed E-state index contributed by atoms with van der Waals surface area (Å²) in [7, 11) is 0. The molecule has 1 heterocycles. The van der Waals surface area contributed by atoms with Gasteiger partial charge >= 0.3 is 5.97 Å². The van der Waals surface area contributed by atoms with Crippen LogP contribution in [0.1, 0.15) is 36.4 Å². The number of amides is 1. The molecule has 2 aromatic rings. The van der Waals surface area contributed by atoms with Gasteiger partial charge in [0, 0.05) is 18.9 Å². The Morgan fingerprint density at radius 2 is 1.78 bits per heavy atom. The predicted molar refractivity (Wildman–Crippen MR) is 97.1 cm³/mol. The van der Waals surface area contributed by atoms with Crippen molar-refractivity contribution in [2.24, 2.45) is 5.10 Å². The van der Waals surface area contributed by atoms with E-state index in [0.717, 1.165) is 5.56 Å². The molecule has 27 heavy (non-hydrogen) atoms. The first kappa shape index (κ1) is 18.2. The van der Waals surface area contributed by atoms with Crippen LogP contribution in [0.2, 0.25) is 0 Å². The highest BCUT2D eigenvalue weighted by atomic mass is 16.6. The molecule has 0 spiro atoms. The summed E-state index contributed by atoms with van der Waals surface area (Å²) in [6.07, 6.45) is -0.173. The van der Waals surface area contributed by atoms with Crippen LogP contribution < -0.4 is 0 Å². The van der Waals surface area contributed by atoms with Gasteiger partial charge in [-0.05, 0) is 11.6 Å². The Bertz CT molecular complexity index is 911. The van der Waals surface area contributed by atoms with Crippen LogP contribution in [0.5, 0.6) is 0 Å². The minimum Gasteiger partial charge on any atom is -0.481 e. The van der Waals surface area contributed by atoms with Crippen LogP contribution in [0.15, 0.2) is 59.7 Å². The number of nitro groups is 1. The fraction of sp³-hybridized carbons (Fsp3) is 0.211. The first-order chi connectivity index (χ1) is 13.0. The van der Waals surface area contributed by atoms with Crippen LogP contribution in [0.4, 0.5) is 5.69 Å². The maximum atomic E-state index is 12.6. The molecule has 1 N–H and O–H groups in total. The Morgan fingerprint density at radius 1 is 1.11 bits per heavy atom. The number of carbonyl (C=O) groups is 2. The highest BCUT2D eigenvalue weighted by Gasteiger charge is 2.34. The molecule has 2 aromatic carbocycles. The van der Waals surface area contributed by atoms with E-state index in [0.29, 0.717) is 17.7 Å². The monoisotopic (exact) mass is 367 g/mol. The average Bonchev–Trinajstić information content (AvgIpc) is 3.12. The number of rotatable bonds is 6. The van der Waals surface area contributed by atoms with Crippen LogP contribution in [0.3, 0.4) is 0 Å². The zero-order chi connectivity index (χ0) is 19.4. The standard InChI is InChI=1S/C19H17N3O5/c23-18(10-11-19(24)25)21-17(13-6-2-1-3-7-13)12-15(20-21)14-8-4-5-9-16(14)22(26)27/h1-9,17H,10-12H2,(H,24,25). The van der Waals surface area contributed by atoms with Gasteiger partial charge in [-0.2, -0.15) is 5.10 Å². The van der Waals surface area contributed by atoms with Crippen LogP contribution in [-0.2, 0) is 9.59 Å². The van der Waals surface area contributed by atoms with Crippen molar-refractivity contribution < 1.29 is 19.6 Å². The molecular formula is C19H17N3O5. The molecular weight excluding hydrogens is 350 g/mol. The lowest BCUT2D eigenvalue weighted by atomic mass is 9.97. The maximum Gasteiger partial charge on any atom is 0.303 e. The van der Waals surface area contributed by atoms with Gasteiger partial charge in [-0.1, -0.05) is 42.5 Å². The van der Waals surface area contributed by atoms with Gasteiger partial charge in [0.15, 0.2) is 0 Å². The Morgan fingerprint density at radius 3 is 2.44 bits per heavy atom. The molecule has 8 nitrogen and oxygen atoms in total. The molecule has 138 valence electrons. The van der Waals surface area contributed by atoms with Gasteiger partial charge in [0.25, 0.3) is 5.69 Å². The van der Waals surface area contributed by atoms with E-state index in [2.05, 4.69) is 5.10 Å². The summed E-state index contributed by atoms with van der Waals surface area (Å²) in [6.45, 7) is 0. The number of benzene rings is 2. The van der Waals surface area contributed by atoms with Crippen molar-refractivity contribution in [2.75, 3.05) is 0 Å². The van der Waals surface area contributed by atoms with Crippen molar-refractivity contribution in [3.63, 3.8) is 0 Å². The van der Waals surface area contributed by atoms with E-state index in [1.54, 1.807) is 18.2 Å². The quantitative estimate of drug-likeness (QED) is 0.622. The number of para-hydroxylation sites is 1. The first-order valence-electron chi connectivity index (χ1n) is 8.37. The van der Waals surface area contributed by atoms with E-state index < -0.39 is 22.8 Å². The molecule has 0 radical (unpaired) electrons. The number of hydrogen-bond donors (Lipinski definition) is 1. The third kappa shape index (κ3) is 4.00. The lowest BCUT2D eigenvalue weighted by Crippen LogP contribution is -2.27. The topological polar surface area (TPSA) is 113 Å². The zero-order valence-corrected chi connectivity index (χ0v) is 14.3. The Labute approximate surface area is 154 Å². The number of carboxylic acid groups (broad SMARTS) is 1. The molecule has 8 heteroatoms. The number of hydrogen-bond acceptors (Lipinski definition) is 5. The predicted octanol–water partition coefficient (Wildman–Crippen LogP) is 3.14. The van der Waals surface area contributed by atoms with Gasteiger partial charge in [0.1, 0.15) is 0 Å². The van der Waals surface area contributed by atoms with Gasteiger partial charge < -0.3 is 5.11 Å². The molecule has 1 atom stereocenters. The lowest BCUT2D eigenvalue weighted by molar-refractivity contribution is -0.385. The van der Waals surface area contributed by atoms with Gasteiger partial charge in [-0.25, -0.2) is 5.01 Å². The van der Waals surface area contributed by atoms with Crippen LogP contribution in [0, 0.1) is 10.1 Å². The number of carbonyl (C=O) groups excluding carboxylic acids is 1. The van der Waals surface area contributed by atoms with Crippen molar-refractivity contribution in [1.29, 1.82) is 0 Å². The Balaban J connectivity index is 1.97. The molecule has 1 amide bonds. The molecule has 3 rings (SSSR count). The largest absolute Gasteiger partial charge is 0.481 e. The van der Waals surface area contributed by atoms with Crippen molar-refractivity contribution in [2.45, 2.75) is 25.3 Å². The summed E-state index contributed by atoms with van der Waals surface area (Å²) in [5.41, 5.74) is 1.54. The molecule has 1 unspecified atom stereocenters. The van der Waals surface area contributed by atoms with Crippen molar-refractivity contribution in [3.8, 4) is 0 Å². The highest BCUT2D eigenvalue weighted by molar-refractivity contribution is 6.06. The molecule has 1 aliphatic heterocycles. The highest BCUT2D eigenvalue weighted by Crippen LogP contribution is 2.35. The lowest BCUT2D eigenvalue weighted by Gasteiger charge is -2.21. The summed E-state index contributed by atoms with van der Waals surface area (Å²) in [5.74, 6) is -1.50. The third-order valence-electron chi connectivity index (χ3n) is 4.31. The van der Waals surface area contributed by atoms with Crippen molar-refractivity contribution in [3.05, 3.63) is 75.8 Å².